The van der Waals surface area contributed by atoms with Crippen LogP contribution < -0.4 is 21.1 Å². The zero-order valence-corrected chi connectivity index (χ0v) is 20.9. The molecule has 3 saturated heterocycles. The van der Waals surface area contributed by atoms with Crippen LogP contribution in [0.25, 0.3) is 10.9 Å². The van der Waals surface area contributed by atoms with Crippen molar-refractivity contribution in [1.82, 2.24) is 20.5 Å². The Morgan fingerprint density at radius 3 is 2.88 bits per heavy atom. The summed E-state index contributed by atoms with van der Waals surface area (Å²) in [6.45, 7) is 6.29. The van der Waals surface area contributed by atoms with E-state index in [0.717, 1.165) is 49.0 Å². The van der Waals surface area contributed by atoms with Gasteiger partial charge in [0.25, 0.3) is 0 Å². The van der Waals surface area contributed by atoms with Crippen LogP contribution in [0.2, 0.25) is 0 Å². The van der Waals surface area contributed by atoms with Crippen molar-refractivity contribution in [3.63, 3.8) is 0 Å². The fourth-order valence-electron chi connectivity index (χ4n) is 6.34. The van der Waals surface area contributed by atoms with Gasteiger partial charge in [-0.25, -0.2) is 0 Å². The van der Waals surface area contributed by atoms with Gasteiger partial charge in [-0.2, -0.15) is 0 Å². The lowest BCUT2D eigenvalue weighted by Crippen LogP contribution is -2.59. The molecular weight excluding hydrogens is 442 g/mol. The van der Waals surface area contributed by atoms with Crippen molar-refractivity contribution in [2.75, 3.05) is 20.2 Å². The van der Waals surface area contributed by atoms with Gasteiger partial charge in [-0.05, 0) is 86.1 Å². The number of fused-ring (bicyclic) bond motifs is 4. The number of aromatic nitrogens is 1. The highest BCUT2D eigenvalue weighted by atomic mass is 32.1. The van der Waals surface area contributed by atoms with E-state index in [1.807, 2.05) is 18.3 Å². The van der Waals surface area contributed by atoms with Gasteiger partial charge in [-0.15, -0.1) is 6.58 Å². The van der Waals surface area contributed by atoms with Crippen LogP contribution in [0.4, 0.5) is 0 Å². The molecule has 2 aromatic rings. The molecule has 0 spiro atoms. The zero-order chi connectivity index (χ0) is 23.7. The maximum atomic E-state index is 6.41. The van der Waals surface area contributed by atoms with Crippen molar-refractivity contribution < 1.29 is 4.74 Å². The van der Waals surface area contributed by atoms with Gasteiger partial charge in [0, 0.05) is 36.3 Å². The summed E-state index contributed by atoms with van der Waals surface area (Å²) < 4.78 is 5.55. The van der Waals surface area contributed by atoms with Crippen molar-refractivity contribution in [2.45, 2.75) is 62.7 Å². The van der Waals surface area contributed by atoms with Crippen LogP contribution in [0.1, 0.15) is 50.1 Å². The molecule has 0 amide bonds. The number of piperidine rings is 3. The van der Waals surface area contributed by atoms with Gasteiger partial charge in [0.15, 0.2) is 5.11 Å². The molecule has 4 aliphatic rings. The molecule has 34 heavy (non-hydrogen) atoms. The molecule has 1 saturated carbocycles. The minimum absolute atomic E-state index is 0.0472. The maximum Gasteiger partial charge on any atom is 0.167 e. The number of thiocarbonyl (C=S) groups is 1. The Kier molecular flexibility index (Phi) is 7.04. The zero-order valence-electron chi connectivity index (χ0n) is 20.1. The first-order valence-electron chi connectivity index (χ1n) is 12.7. The number of methoxy groups -OCH3 is 1. The number of ether oxygens (including phenoxy) is 1. The Bertz CT molecular complexity index is 1040. The number of nitrogens with one attached hydrogen (secondary N) is 2. The number of nitrogens with two attached hydrogens (primary N) is 1. The lowest BCUT2D eigenvalue weighted by atomic mass is 9.73. The van der Waals surface area contributed by atoms with Crippen molar-refractivity contribution >= 4 is 28.2 Å². The summed E-state index contributed by atoms with van der Waals surface area (Å²) in [5.41, 5.74) is 8.60. The summed E-state index contributed by atoms with van der Waals surface area (Å²) >= 11 is 5.88. The van der Waals surface area contributed by atoms with Crippen molar-refractivity contribution in [3.05, 3.63) is 48.7 Å². The Labute approximate surface area is 208 Å². The highest BCUT2D eigenvalue weighted by molar-refractivity contribution is 7.80. The van der Waals surface area contributed by atoms with Gasteiger partial charge < -0.3 is 21.1 Å². The van der Waals surface area contributed by atoms with Gasteiger partial charge in [0.05, 0.1) is 18.7 Å². The van der Waals surface area contributed by atoms with E-state index in [0.29, 0.717) is 23.0 Å². The smallest absolute Gasteiger partial charge is 0.167 e. The maximum absolute atomic E-state index is 6.41. The fourth-order valence-corrected chi connectivity index (χ4v) is 6.62. The van der Waals surface area contributed by atoms with E-state index in [4.69, 9.17) is 22.7 Å². The standard InChI is InChI=1S/C27H37N5OS/c1-3-17-16-32-13-11-18(17)14-25(32)26(31-27(34)30-24-7-5-4-6-22(24)28)20-10-12-29-23-9-8-19(33-2)15-21(20)23/h3,8-10,12,15,17-18,22,24-26H,1,4-7,11,13-14,16,28H2,2H3,(H2,30,31,34)/t17?,18?,22-,24-,25?,26-/m1/s1. The van der Waals surface area contributed by atoms with Crippen molar-refractivity contribution in [1.29, 1.82) is 0 Å². The second kappa shape index (κ2) is 10.2. The SMILES string of the molecule is C=CC1CN2CCC1CC2[C@H](NC(=S)N[C@@H]1CCCC[C@H]1N)c1ccnc2ccc(OC)cc12. The normalized spacial score (nSPS) is 31.6. The second-order valence-electron chi connectivity index (χ2n) is 10.2. The lowest BCUT2D eigenvalue weighted by Gasteiger charge is -2.52. The van der Waals surface area contributed by atoms with Crippen LogP contribution >= 0.6 is 12.2 Å². The highest BCUT2D eigenvalue weighted by Gasteiger charge is 2.43. The van der Waals surface area contributed by atoms with Gasteiger partial charge in [0.1, 0.15) is 5.75 Å². The molecule has 1 aliphatic carbocycles. The van der Waals surface area contributed by atoms with Crippen molar-refractivity contribution in [2.24, 2.45) is 17.6 Å². The van der Waals surface area contributed by atoms with E-state index >= 15 is 0 Å². The number of rotatable bonds is 6. The average molecular weight is 480 g/mol. The minimum Gasteiger partial charge on any atom is -0.497 e. The first-order valence-corrected chi connectivity index (χ1v) is 13.1. The molecule has 6 rings (SSSR count). The lowest BCUT2D eigenvalue weighted by molar-refractivity contribution is 0.00425. The molecule has 2 bridgehead atoms. The number of pyridine rings is 1. The monoisotopic (exact) mass is 479 g/mol. The molecule has 182 valence electrons. The molecule has 7 heteroatoms. The molecule has 3 aliphatic heterocycles. The molecule has 1 aromatic carbocycles. The largest absolute Gasteiger partial charge is 0.497 e. The number of hydrogen-bond donors (Lipinski definition) is 3. The first-order chi connectivity index (χ1) is 16.6. The second-order valence-corrected chi connectivity index (χ2v) is 10.6. The summed E-state index contributed by atoms with van der Waals surface area (Å²) in [7, 11) is 1.71. The molecule has 4 N–H and O–H groups in total. The van der Waals surface area contributed by atoms with Crippen LogP contribution in [0.5, 0.6) is 5.75 Å². The molecule has 0 radical (unpaired) electrons. The predicted octanol–water partition coefficient (Wildman–Crippen LogP) is 3.91. The Balaban J connectivity index is 1.47. The third-order valence-electron chi connectivity index (χ3n) is 8.28. The van der Waals surface area contributed by atoms with Crippen LogP contribution in [-0.4, -0.2) is 53.3 Å². The first kappa shape index (κ1) is 23.5. The quantitative estimate of drug-likeness (QED) is 0.428. The summed E-state index contributed by atoms with van der Waals surface area (Å²) in [5.74, 6) is 2.09. The van der Waals surface area contributed by atoms with E-state index in [9.17, 15) is 0 Å². The van der Waals surface area contributed by atoms with E-state index in [2.05, 4.69) is 45.3 Å². The van der Waals surface area contributed by atoms with E-state index in [-0.39, 0.29) is 18.1 Å². The minimum atomic E-state index is 0.0472. The molecule has 4 heterocycles. The fraction of sp³-hybridized carbons (Fsp3) is 0.556. The van der Waals surface area contributed by atoms with Gasteiger partial charge in [-0.1, -0.05) is 18.9 Å². The Morgan fingerprint density at radius 1 is 1.29 bits per heavy atom. The van der Waals surface area contributed by atoms with E-state index in [1.165, 1.54) is 24.8 Å². The number of nitrogens with zero attached hydrogens (tertiary/aromatic N) is 2. The summed E-state index contributed by atoms with van der Waals surface area (Å²) in [6.07, 6.45) is 11.0. The van der Waals surface area contributed by atoms with E-state index in [1.54, 1.807) is 7.11 Å². The molecule has 4 unspecified atom stereocenters. The molecular formula is C27H37N5OS. The van der Waals surface area contributed by atoms with Gasteiger partial charge in [0.2, 0.25) is 0 Å². The molecule has 6 nitrogen and oxygen atoms in total. The third kappa shape index (κ3) is 4.66. The molecule has 7 atom stereocenters. The van der Waals surface area contributed by atoms with Crippen LogP contribution in [0.15, 0.2) is 43.1 Å². The summed E-state index contributed by atoms with van der Waals surface area (Å²) in [4.78, 5) is 7.26. The Morgan fingerprint density at radius 2 is 2.15 bits per heavy atom. The Hall–Kier alpha value is -2.22. The highest BCUT2D eigenvalue weighted by Crippen LogP contribution is 2.42. The third-order valence-corrected chi connectivity index (χ3v) is 8.51. The number of hydrogen-bond acceptors (Lipinski definition) is 5. The molecule has 4 fully saturated rings. The van der Waals surface area contributed by atoms with Gasteiger partial charge >= 0.3 is 0 Å². The van der Waals surface area contributed by atoms with Crippen LogP contribution in [0.3, 0.4) is 0 Å². The summed E-state index contributed by atoms with van der Waals surface area (Å²) in [6, 6.07) is 9.04. The van der Waals surface area contributed by atoms with Crippen molar-refractivity contribution in [3.8, 4) is 5.75 Å². The average Bonchev–Trinajstić information content (AvgIpc) is 2.88. The van der Waals surface area contributed by atoms with Crippen LogP contribution in [-0.2, 0) is 0 Å². The van der Waals surface area contributed by atoms with Crippen LogP contribution in [0, 0.1) is 11.8 Å². The van der Waals surface area contributed by atoms with Gasteiger partial charge in [-0.3, -0.25) is 9.88 Å². The van der Waals surface area contributed by atoms with E-state index < -0.39 is 0 Å². The molecule has 1 aromatic heterocycles. The summed E-state index contributed by atoms with van der Waals surface area (Å²) in [5, 5.41) is 9.12. The predicted molar refractivity (Wildman–Crippen MR) is 142 cm³/mol. The number of benzene rings is 1. The topological polar surface area (TPSA) is 75.4 Å².